The third-order valence-corrected chi connectivity index (χ3v) is 2.87. The Morgan fingerprint density at radius 1 is 1.42 bits per heavy atom. The summed E-state index contributed by atoms with van der Waals surface area (Å²) in [7, 11) is 1.33. The van der Waals surface area contributed by atoms with E-state index in [4.69, 9.17) is 9.84 Å². The minimum Gasteiger partial charge on any atom is -0.481 e. The summed E-state index contributed by atoms with van der Waals surface area (Å²) >= 11 is 0. The summed E-state index contributed by atoms with van der Waals surface area (Å²) in [5.74, 6) is -1.96. The van der Waals surface area contributed by atoms with Crippen LogP contribution in [0.1, 0.15) is 6.42 Å². The number of alkyl halides is 3. The van der Waals surface area contributed by atoms with Crippen LogP contribution in [0.3, 0.4) is 0 Å². The summed E-state index contributed by atoms with van der Waals surface area (Å²) in [6.07, 6.45) is -5.47. The summed E-state index contributed by atoms with van der Waals surface area (Å²) in [5, 5.41) is 11.0. The fraction of sp³-hybridized carbons (Fsp3) is 0.800. The van der Waals surface area contributed by atoms with E-state index in [2.05, 4.69) is 5.32 Å². The van der Waals surface area contributed by atoms with E-state index in [1.54, 1.807) is 0 Å². The second-order valence-corrected chi connectivity index (χ2v) is 4.26. The number of ether oxygens (including phenoxy) is 1. The van der Waals surface area contributed by atoms with E-state index in [0.29, 0.717) is 0 Å². The topological polar surface area (TPSA) is 78.9 Å². The van der Waals surface area contributed by atoms with E-state index in [9.17, 15) is 22.8 Å². The molecule has 110 valence electrons. The molecule has 19 heavy (non-hydrogen) atoms. The van der Waals surface area contributed by atoms with Gasteiger partial charge in [0, 0.05) is 13.6 Å². The van der Waals surface area contributed by atoms with Gasteiger partial charge in [-0.3, -0.25) is 4.79 Å². The normalized spacial score (nSPS) is 23.2. The van der Waals surface area contributed by atoms with Crippen molar-refractivity contribution in [3.05, 3.63) is 0 Å². The summed E-state index contributed by atoms with van der Waals surface area (Å²) < 4.78 is 40.7. The van der Waals surface area contributed by atoms with E-state index < -0.39 is 43.1 Å². The quantitative estimate of drug-likeness (QED) is 0.795. The second-order valence-electron chi connectivity index (χ2n) is 4.26. The van der Waals surface area contributed by atoms with Gasteiger partial charge < -0.3 is 20.1 Å². The van der Waals surface area contributed by atoms with Gasteiger partial charge in [0.25, 0.3) is 0 Å². The number of nitrogens with one attached hydrogen (secondary N) is 1. The molecule has 2 N–H and O–H groups in total. The lowest BCUT2D eigenvalue weighted by Gasteiger charge is -2.26. The highest BCUT2D eigenvalue weighted by Gasteiger charge is 2.38. The number of amides is 2. The maximum absolute atomic E-state index is 11.9. The zero-order valence-electron chi connectivity index (χ0n) is 10.2. The van der Waals surface area contributed by atoms with Gasteiger partial charge >= 0.3 is 18.2 Å². The molecule has 0 radical (unpaired) electrons. The van der Waals surface area contributed by atoms with Crippen LogP contribution in [0.4, 0.5) is 18.0 Å². The number of carboxylic acids is 1. The molecule has 1 aliphatic heterocycles. The number of rotatable bonds is 4. The molecule has 1 aliphatic rings. The number of carboxylic acid groups (broad SMARTS) is 1. The first-order chi connectivity index (χ1) is 8.72. The molecule has 0 bridgehead atoms. The van der Waals surface area contributed by atoms with E-state index >= 15 is 0 Å². The number of hydrogen-bond donors (Lipinski definition) is 2. The van der Waals surface area contributed by atoms with Gasteiger partial charge in [-0.15, -0.1) is 0 Å². The van der Waals surface area contributed by atoms with Gasteiger partial charge in [0.2, 0.25) is 0 Å². The first-order valence-corrected chi connectivity index (χ1v) is 5.60. The number of halogens is 3. The maximum Gasteiger partial charge on any atom is 0.390 e. The van der Waals surface area contributed by atoms with E-state index in [1.165, 1.54) is 7.05 Å². The van der Waals surface area contributed by atoms with Crippen molar-refractivity contribution in [3.63, 3.8) is 0 Å². The van der Waals surface area contributed by atoms with Crippen molar-refractivity contribution in [2.24, 2.45) is 5.92 Å². The Hall–Kier alpha value is -1.51. The molecule has 9 heteroatoms. The number of hydrogen-bond acceptors (Lipinski definition) is 3. The lowest BCUT2D eigenvalue weighted by Crippen LogP contribution is -2.48. The molecule has 6 nitrogen and oxygen atoms in total. The highest BCUT2D eigenvalue weighted by Crippen LogP contribution is 2.20. The molecule has 1 fully saturated rings. The van der Waals surface area contributed by atoms with Crippen LogP contribution < -0.4 is 5.32 Å². The van der Waals surface area contributed by atoms with Crippen LogP contribution in [0.5, 0.6) is 0 Å². The predicted octanol–water partition coefficient (Wildman–Crippen LogP) is 0.680. The third kappa shape index (κ3) is 4.58. The van der Waals surface area contributed by atoms with Crippen molar-refractivity contribution in [2.45, 2.75) is 18.6 Å². The fourth-order valence-corrected chi connectivity index (χ4v) is 1.75. The molecular formula is C10H15F3N2O4. The fourth-order valence-electron chi connectivity index (χ4n) is 1.75. The highest BCUT2D eigenvalue weighted by molar-refractivity contribution is 5.77. The van der Waals surface area contributed by atoms with Crippen molar-refractivity contribution in [1.82, 2.24) is 10.2 Å². The molecule has 0 spiro atoms. The largest absolute Gasteiger partial charge is 0.481 e. The number of carbonyl (C=O) groups excluding carboxylic acids is 1. The molecule has 2 atom stereocenters. The zero-order valence-corrected chi connectivity index (χ0v) is 10.2. The molecule has 2 amide bonds. The van der Waals surface area contributed by atoms with E-state index in [0.717, 1.165) is 4.90 Å². The van der Waals surface area contributed by atoms with Gasteiger partial charge in [0.15, 0.2) is 0 Å². The Morgan fingerprint density at radius 3 is 2.58 bits per heavy atom. The Labute approximate surface area is 107 Å². The van der Waals surface area contributed by atoms with Gasteiger partial charge in [-0.2, -0.15) is 13.2 Å². The number of likely N-dealkylation sites (N-methyl/N-ethyl adjacent to an activating group) is 1. The van der Waals surface area contributed by atoms with Gasteiger partial charge in [0.05, 0.1) is 25.7 Å². The number of nitrogens with zero attached hydrogens (tertiary/aromatic N) is 1. The van der Waals surface area contributed by atoms with Gasteiger partial charge in [0.1, 0.15) is 5.92 Å². The van der Waals surface area contributed by atoms with Crippen molar-refractivity contribution in [2.75, 3.05) is 26.8 Å². The summed E-state index contributed by atoms with van der Waals surface area (Å²) in [5.41, 5.74) is 0. The van der Waals surface area contributed by atoms with E-state index in [1.807, 2.05) is 0 Å². The number of urea groups is 1. The molecule has 1 saturated heterocycles. The average Bonchev–Trinajstić information content (AvgIpc) is 2.74. The van der Waals surface area contributed by atoms with Crippen LogP contribution in [0.2, 0.25) is 0 Å². The highest BCUT2D eigenvalue weighted by atomic mass is 19.4. The number of carbonyl (C=O) groups is 2. The first kappa shape index (κ1) is 15.5. The molecule has 0 aromatic heterocycles. The average molecular weight is 284 g/mol. The maximum atomic E-state index is 11.9. The predicted molar refractivity (Wildman–Crippen MR) is 57.6 cm³/mol. The zero-order chi connectivity index (χ0) is 14.6. The summed E-state index contributed by atoms with van der Waals surface area (Å²) in [6, 6.07) is -1.42. The lowest BCUT2D eigenvalue weighted by molar-refractivity contribution is -0.142. The van der Waals surface area contributed by atoms with Crippen LogP contribution in [0.25, 0.3) is 0 Å². The Balaban J connectivity index is 2.46. The number of aliphatic carboxylic acids is 1. The molecule has 0 aromatic carbocycles. The summed E-state index contributed by atoms with van der Waals surface area (Å²) in [4.78, 5) is 23.6. The standard InChI is InChI=1S/C10H15F3N2O4/c1-15(7-5-19-4-6(7)8(16)17)9(18)14-3-2-10(11,12)13/h6-7H,2-5H2,1H3,(H,14,18)(H,16,17). The minimum atomic E-state index is -4.34. The smallest absolute Gasteiger partial charge is 0.390 e. The van der Waals surface area contributed by atoms with Crippen LogP contribution >= 0.6 is 0 Å². The molecule has 1 heterocycles. The van der Waals surface area contributed by atoms with Crippen LogP contribution in [0, 0.1) is 5.92 Å². The summed E-state index contributed by atoms with van der Waals surface area (Å²) in [6.45, 7) is -0.502. The first-order valence-electron chi connectivity index (χ1n) is 5.60. The van der Waals surface area contributed by atoms with Crippen molar-refractivity contribution >= 4 is 12.0 Å². The molecule has 0 aliphatic carbocycles. The van der Waals surface area contributed by atoms with E-state index in [-0.39, 0.29) is 13.2 Å². The van der Waals surface area contributed by atoms with Crippen molar-refractivity contribution < 1.29 is 32.6 Å². The lowest BCUT2D eigenvalue weighted by atomic mass is 10.0. The van der Waals surface area contributed by atoms with Gasteiger partial charge in [-0.05, 0) is 0 Å². The minimum absolute atomic E-state index is 0.0137. The third-order valence-electron chi connectivity index (χ3n) is 2.87. The van der Waals surface area contributed by atoms with Gasteiger partial charge in [-0.1, -0.05) is 0 Å². The second kappa shape index (κ2) is 6.09. The molecule has 0 aromatic rings. The Morgan fingerprint density at radius 2 is 2.05 bits per heavy atom. The van der Waals surface area contributed by atoms with Crippen LogP contribution in [-0.4, -0.2) is 61.0 Å². The van der Waals surface area contributed by atoms with Crippen LogP contribution in [-0.2, 0) is 9.53 Å². The molecule has 0 saturated carbocycles. The van der Waals surface area contributed by atoms with Crippen molar-refractivity contribution in [3.8, 4) is 0 Å². The molecule has 2 unspecified atom stereocenters. The molecular weight excluding hydrogens is 269 g/mol. The molecule has 1 rings (SSSR count). The Bertz CT molecular complexity index is 348. The van der Waals surface area contributed by atoms with Crippen LogP contribution in [0.15, 0.2) is 0 Å². The SMILES string of the molecule is CN(C(=O)NCCC(F)(F)F)C1COCC1C(=O)O. The van der Waals surface area contributed by atoms with Gasteiger partial charge in [-0.25, -0.2) is 4.79 Å². The van der Waals surface area contributed by atoms with Crippen molar-refractivity contribution in [1.29, 1.82) is 0 Å². The Kier molecular flexibility index (Phi) is 4.98. The monoisotopic (exact) mass is 284 g/mol.